The number of nitrogens with zero attached hydrogens (tertiary/aromatic N) is 1. The molecule has 0 aliphatic rings. The Hall–Kier alpha value is -1.68. The number of thiophene rings is 1. The van der Waals surface area contributed by atoms with Gasteiger partial charge in [0.05, 0.1) is 24.0 Å². The van der Waals surface area contributed by atoms with Crippen LogP contribution in [0.2, 0.25) is 0 Å². The molecule has 0 radical (unpaired) electrons. The van der Waals surface area contributed by atoms with Crippen molar-refractivity contribution in [1.82, 2.24) is 0 Å². The van der Waals surface area contributed by atoms with Crippen LogP contribution in [0.1, 0.15) is 31.2 Å². The van der Waals surface area contributed by atoms with Gasteiger partial charge in [-0.2, -0.15) is 0 Å². The van der Waals surface area contributed by atoms with Crippen molar-refractivity contribution in [3.63, 3.8) is 0 Å². The average molecular weight is 290 g/mol. The van der Waals surface area contributed by atoms with E-state index in [-0.39, 0.29) is 0 Å². The van der Waals surface area contributed by atoms with Crippen molar-refractivity contribution < 1.29 is 4.74 Å². The van der Waals surface area contributed by atoms with Gasteiger partial charge < -0.3 is 15.4 Å². The van der Waals surface area contributed by atoms with Gasteiger partial charge in [-0.1, -0.05) is 19.1 Å². The number of anilines is 2. The highest BCUT2D eigenvalue weighted by atomic mass is 32.1. The Bertz CT molecular complexity index is 539. The van der Waals surface area contributed by atoms with E-state index >= 15 is 0 Å². The summed E-state index contributed by atoms with van der Waals surface area (Å²) in [5.74, 6) is 0.773. The third-order valence-corrected chi connectivity index (χ3v) is 4.46. The van der Waals surface area contributed by atoms with Gasteiger partial charge in [-0.05, 0) is 36.9 Å². The molecule has 1 unspecified atom stereocenters. The quantitative estimate of drug-likeness (QED) is 0.805. The summed E-state index contributed by atoms with van der Waals surface area (Å²) in [5, 5.41) is 2.10. The van der Waals surface area contributed by atoms with Crippen molar-refractivity contribution in [2.75, 3.05) is 24.3 Å². The van der Waals surface area contributed by atoms with Crippen LogP contribution in [-0.2, 0) is 0 Å². The second kappa shape index (κ2) is 6.66. The van der Waals surface area contributed by atoms with E-state index in [2.05, 4.69) is 43.3 Å². The van der Waals surface area contributed by atoms with Gasteiger partial charge in [0.2, 0.25) is 0 Å². The van der Waals surface area contributed by atoms with E-state index in [1.807, 2.05) is 18.2 Å². The highest BCUT2D eigenvalue weighted by molar-refractivity contribution is 7.10. The summed E-state index contributed by atoms with van der Waals surface area (Å²) in [6.45, 7) is 4.97. The molecule has 0 saturated carbocycles. The Morgan fingerprint density at radius 3 is 2.75 bits per heavy atom. The highest BCUT2D eigenvalue weighted by Crippen LogP contribution is 2.36. The van der Waals surface area contributed by atoms with Crippen LogP contribution in [-0.4, -0.2) is 13.7 Å². The molecule has 0 spiro atoms. The number of nitrogen functional groups attached to an aromatic ring is 1. The number of ether oxygens (including phenoxy) is 1. The number of rotatable bonds is 6. The van der Waals surface area contributed by atoms with E-state index in [0.29, 0.717) is 18.3 Å². The molecule has 0 aliphatic carbocycles. The lowest BCUT2D eigenvalue weighted by atomic mass is 10.2. The zero-order valence-corrected chi connectivity index (χ0v) is 13.1. The molecule has 2 N–H and O–H groups in total. The standard InChI is InChI=1S/C16H22N2OS/c1-4-10-19-14-8-5-7-13(16(14)17)18(3)12(2)15-9-6-11-20-15/h5-9,11-12H,4,10,17H2,1-3H3. The lowest BCUT2D eigenvalue weighted by Gasteiger charge is -2.28. The molecule has 2 rings (SSSR count). The fraction of sp³-hybridized carbons (Fsp3) is 0.375. The number of hydrogen-bond acceptors (Lipinski definition) is 4. The second-order valence-electron chi connectivity index (χ2n) is 4.84. The molecule has 2 aromatic rings. The molecule has 1 atom stereocenters. The fourth-order valence-electron chi connectivity index (χ4n) is 2.11. The predicted molar refractivity (Wildman–Crippen MR) is 87.8 cm³/mol. The maximum atomic E-state index is 6.25. The van der Waals surface area contributed by atoms with Gasteiger partial charge in [-0.15, -0.1) is 11.3 Å². The zero-order chi connectivity index (χ0) is 14.5. The first kappa shape index (κ1) is 14.7. The summed E-state index contributed by atoms with van der Waals surface area (Å²) in [7, 11) is 2.07. The van der Waals surface area contributed by atoms with E-state index < -0.39 is 0 Å². The molecular weight excluding hydrogens is 268 g/mol. The van der Waals surface area contributed by atoms with Crippen molar-refractivity contribution in [2.24, 2.45) is 0 Å². The number of benzene rings is 1. The lowest BCUT2D eigenvalue weighted by molar-refractivity contribution is 0.319. The molecule has 0 fully saturated rings. The van der Waals surface area contributed by atoms with Gasteiger partial charge >= 0.3 is 0 Å². The SMILES string of the molecule is CCCOc1cccc(N(C)C(C)c2cccs2)c1N. The Kier molecular flexibility index (Phi) is 4.90. The maximum absolute atomic E-state index is 6.25. The molecule has 1 aromatic carbocycles. The smallest absolute Gasteiger partial charge is 0.144 e. The topological polar surface area (TPSA) is 38.5 Å². The van der Waals surface area contributed by atoms with Crippen LogP contribution >= 0.6 is 11.3 Å². The van der Waals surface area contributed by atoms with Crippen molar-refractivity contribution in [2.45, 2.75) is 26.3 Å². The van der Waals surface area contributed by atoms with Gasteiger partial charge in [0.15, 0.2) is 0 Å². The molecule has 0 bridgehead atoms. The van der Waals surface area contributed by atoms with Crippen LogP contribution in [0.25, 0.3) is 0 Å². The van der Waals surface area contributed by atoms with Crippen molar-refractivity contribution in [3.8, 4) is 5.75 Å². The number of para-hydroxylation sites is 1. The van der Waals surface area contributed by atoms with Crippen molar-refractivity contribution in [3.05, 3.63) is 40.6 Å². The van der Waals surface area contributed by atoms with Crippen molar-refractivity contribution >= 4 is 22.7 Å². The summed E-state index contributed by atoms with van der Waals surface area (Å²) in [5.41, 5.74) is 7.98. The van der Waals surface area contributed by atoms with Crippen LogP contribution in [0, 0.1) is 0 Å². The van der Waals surface area contributed by atoms with Crippen LogP contribution < -0.4 is 15.4 Å². The largest absolute Gasteiger partial charge is 0.491 e. The summed E-state index contributed by atoms with van der Waals surface area (Å²) in [6.07, 6.45) is 0.977. The molecule has 4 heteroatoms. The van der Waals surface area contributed by atoms with Crippen LogP contribution in [0.3, 0.4) is 0 Å². The van der Waals surface area contributed by atoms with Crippen molar-refractivity contribution in [1.29, 1.82) is 0 Å². The Morgan fingerprint density at radius 2 is 2.10 bits per heavy atom. The summed E-state index contributed by atoms with van der Waals surface area (Å²) >= 11 is 1.76. The van der Waals surface area contributed by atoms with E-state index in [4.69, 9.17) is 10.5 Å². The van der Waals surface area contributed by atoms with E-state index in [9.17, 15) is 0 Å². The summed E-state index contributed by atoms with van der Waals surface area (Å²) in [6, 6.07) is 10.5. The maximum Gasteiger partial charge on any atom is 0.144 e. The van der Waals surface area contributed by atoms with Gasteiger partial charge in [-0.3, -0.25) is 0 Å². The Balaban J connectivity index is 2.23. The molecule has 0 amide bonds. The van der Waals surface area contributed by atoms with Crippen LogP contribution in [0.15, 0.2) is 35.7 Å². The summed E-state index contributed by atoms with van der Waals surface area (Å²) in [4.78, 5) is 3.52. The fourth-order valence-corrected chi connectivity index (χ4v) is 2.93. The molecular formula is C16H22N2OS. The first-order valence-electron chi connectivity index (χ1n) is 6.92. The third kappa shape index (κ3) is 3.07. The van der Waals surface area contributed by atoms with E-state index in [0.717, 1.165) is 17.9 Å². The third-order valence-electron chi connectivity index (χ3n) is 3.42. The Morgan fingerprint density at radius 1 is 1.30 bits per heavy atom. The number of nitrogens with two attached hydrogens (primary N) is 1. The Labute approximate surface area is 125 Å². The first-order valence-corrected chi connectivity index (χ1v) is 7.80. The molecule has 1 heterocycles. The minimum Gasteiger partial charge on any atom is -0.491 e. The molecule has 20 heavy (non-hydrogen) atoms. The second-order valence-corrected chi connectivity index (χ2v) is 5.82. The van der Waals surface area contributed by atoms with Crippen LogP contribution in [0.5, 0.6) is 5.75 Å². The molecule has 1 aromatic heterocycles. The van der Waals surface area contributed by atoms with Gasteiger partial charge in [0.25, 0.3) is 0 Å². The van der Waals surface area contributed by atoms with Gasteiger partial charge in [0.1, 0.15) is 5.75 Å². The normalized spacial score (nSPS) is 12.2. The zero-order valence-electron chi connectivity index (χ0n) is 12.3. The minimum atomic E-state index is 0.290. The highest BCUT2D eigenvalue weighted by Gasteiger charge is 2.17. The monoisotopic (exact) mass is 290 g/mol. The molecule has 3 nitrogen and oxygen atoms in total. The van der Waals surface area contributed by atoms with E-state index in [1.54, 1.807) is 11.3 Å². The van der Waals surface area contributed by atoms with Gasteiger partial charge in [-0.25, -0.2) is 0 Å². The van der Waals surface area contributed by atoms with Gasteiger partial charge in [0, 0.05) is 11.9 Å². The first-order chi connectivity index (χ1) is 9.65. The molecule has 108 valence electrons. The summed E-state index contributed by atoms with van der Waals surface area (Å²) < 4.78 is 5.70. The lowest BCUT2D eigenvalue weighted by Crippen LogP contribution is -2.22. The van der Waals surface area contributed by atoms with Crippen LogP contribution in [0.4, 0.5) is 11.4 Å². The number of hydrogen-bond donors (Lipinski definition) is 1. The van der Waals surface area contributed by atoms with E-state index in [1.165, 1.54) is 4.88 Å². The molecule has 0 aliphatic heterocycles. The minimum absolute atomic E-state index is 0.290. The average Bonchev–Trinajstić information content (AvgIpc) is 2.99. The predicted octanol–water partition coefficient (Wildman–Crippen LogP) is 4.32. The molecule has 0 saturated heterocycles.